The van der Waals surface area contributed by atoms with Crippen LogP contribution >= 0.6 is 0 Å². The first-order chi connectivity index (χ1) is 9.79. The van der Waals surface area contributed by atoms with Gasteiger partial charge in [-0.05, 0) is 24.3 Å². The Morgan fingerprint density at radius 2 is 1.76 bits per heavy atom. The van der Waals surface area contributed by atoms with Crippen molar-refractivity contribution in [3.8, 4) is 0 Å². The van der Waals surface area contributed by atoms with Gasteiger partial charge in [-0.1, -0.05) is 0 Å². The van der Waals surface area contributed by atoms with E-state index in [4.69, 9.17) is 5.73 Å². The maximum atomic E-state index is 13.1. The van der Waals surface area contributed by atoms with Crippen LogP contribution in [-0.4, -0.2) is 13.3 Å². The van der Waals surface area contributed by atoms with Crippen molar-refractivity contribution in [3.63, 3.8) is 0 Å². The number of sulfonamides is 1. The van der Waals surface area contributed by atoms with Crippen LogP contribution in [0, 0.1) is 15.9 Å². The molecule has 0 saturated carbocycles. The van der Waals surface area contributed by atoms with Gasteiger partial charge in [0.05, 0.1) is 21.2 Å². The number of nitro benzene ring substituents is 1. The third kappa shape index (κ3) is 3.26. The van der Waals surface area contributed by atoms with E-state index in [-0.39, 0.29) is 22.0 Å². The highest BCUT2D eigenvalue weighted by atomic mass is 32.2. The average Bonchev–Trinajstić information content (AvgIpc) is 2.43. The number of nitrogens with one attached hydrogen (secondary N) is 1. The maximum absolute atomic E-state index is 13.1. The quantitative estimate of drug-likeness (QED) is 0.510. The van der Waals surface area contributed by atoms with Gasteiger partial charge in [-0.15, -0.1) is 0 Å². The van der Waals surface area contributed by atoms with Crippen molar-refractivity contribution >= 4 is 27.1 Å². The zero-order valence-corrected chi connectivity index (χ0v) is 11.3. The molecule has 2 aromatic rings. The van der Waals surface area contributed by atoms with Crippen LogP contribution in [0.4, 0.5) is 21.5 Å². The molecule has 110 valence electrons. The third-order valence-electron chi connectivity index (χ3n) is 2.62. The van der Waals surface area contributed by atoms with Gasteiger partial charge in [-0.25, -0.2) is 12.8 Å². The molecule has 9 heteroatoms. The first kappa shape index (κ1) is 14.7. The molecule has 0 fully saturated rings. The molecule has 0 saturated heterocycles. The zero-order chi connectivity index (χ0) is 15.6. The van der Waals surface area contributed by atoms with Gasteiger partial charge in [0.15, 0.2) is 0 Å². The number of nitrogens with zero attached hydrogens (tertiary/aromatic N) is 1. The SMILES string of the molecule is Nc1ccc(F)cc1NS(=O)(=O)c1ccc([N+](=O)[O-])cc1. The van der Waals surface area contributed by atoms with E-state index >= 15 is 0 Å². The predicted octanol–water partition coefficient (Wildman–Crippen LogP) is 2.12. The Morgan fingerprint density at radius 3 is 2.33 bits per heavy atom. The van der Waals surface area contributed by atoms with Crippen LogP contribution in [0.15, 0.2) is 47.4 Å². The lowest BCUT2D eigenvalue weighted by molar-refractivity contribution is -0.384. The van der Waals surface area contributed by atoms with Crippen LogP contribution in [0.5, 0.6) is 0 Å². The van der Waals surface area contributed by atoms with Gasteiger partial charge in [0.2, 0.25) is 0 Å². The summed E-state index contributed by atoms with van der Waals surface area (Å²) < 4.78 is 39.4. The molecule has 0 radical (unpaired) electrons. The van der Waals surface area contributed by atoms with Crippen molar-refractivity contribution in [2.45, 2.75) is 4.90 Å². The van der Waals surface area contributed by atoms with E-state index in [1.165, 1.54) is 6.07 Å². The predicted molar refractivity (Wildman–Crippen MR) is 74.7 cm³/mol. The van der Waals surface area contributed by atoms with E-state index in [1.54, 1.807) is 0 Å². The lowest BCUT2D eigenvalue weighted by Crippen LogP contribution is -2.14. The van der Waals surface area contributed by atoms with Crippen molar-refractivity contribution < 1.29 is 17.7 Å². The van der Waals surface area contributed by atoms with Gasteiger partial charge in [-0.2, -0.15) is 0 Å². The Hall–Kier alpha value is -2.68. The monoisotopic (exact) mass is 311 g/mol. The molecular weight excluding hydrogens is 301 g/mol. The zero-order valence-electron chi connectivity index (χ0n) is 10.5. The van der Waals surface area contributed by atoms with Gasteiger partial charge in [0.25, 0.3) is 15.7 Å². The van der Waals surface area contributed by atoms with Gasteiger partial charge >= 0.3 is 0 Å². The number of rotatable bonds is 4. The van der Waals surface area contributed by atoms with Crippen LogP contribution < -0.4 is 10.5 Å². The van der Waals surface area contributed by atoms with Crippen molar-refractivity contribution in [2.75, 3.05) is 10.5 Å². The molecule has 0 heterocycles. The van der Waals surface area contributed by atoms with Gasteiger partial charge in [0, 0.05) is 18.2 Å². The number of benzene rings is 2. The number of halogens is 1. The second kappa shape index (κ2) is 5.37. The van der Waals surface area contributed by atoms with Gasteiger partial charge in [-0.3, -0.25) is 14.8 Å². The molecule has 0 unspecified atom stereocenters. The second-order valence-electron chi connectivity index (χ2n) is 4.09. The molecule has 0 aliphatic heterocycles. The molecule has 0 bridgehead atoms. The molecule has 0 aromatic heterocycles. The van der Waals surface area contributed by atoms with Crippen molar-refractivity contribution in [1.82, 2.24) is 0 Å². The number of nitro groups is 1. The lowest BCUT2D eigenvalue weighted by atomic mass is 10.3. The van der Waals surface area contributed by atoms with E-state index in [9.17, 15) is 22.9 Å². The third-order valence-corrected chi connectivity index (χ3v) is 4.00. The van der Waals surface area contributed by atoms with E-state index in [1.807, 2.05) is 0 Å². The van der Waals surface area contributed by atoms with E-state index in [2.05, 4.69) is 4.72 Å². The summed E-state index contributed by atoms with van der Waals surface area (Å²) in [5, 5.41) is 10.5. The minimum Gasteiger partial charge on any atom is -0.397 e. The van der Waals surface area contributed by atoms with Crippen molar-refractivity contribution in [1.29, 1.82) is 0 Å². The molecular formula is C12H10FN3O4S. The highest BCUT2D eigenvalue weighted by Gasteiger charge is 2.17. The summed E-state index contributed by atoms with van der Waals surface area (Å²) in [5.41, 5.74) is 5.27. The smallest absolute Gasteiger partial charge is 0.269 e. The van der Waals surface area contributed by atoms with Crippen LogP contribution in [0.3, 0.4) is 0 Å². The topological polar surface area (TPSA) is 115 Å². The molecule has 21 heavy (non-hydrogen) atoms. The molecule has 2 rings (SSSR count). The number of anilines is 2. The first-order valence-corrected chi connectivity index (χ1v) is 7.10. The summed E-state index contributed by atoms with van der Waals surface area (Å²) in [6.45, 7) is 0. The Balaban J connectivity index is 2.34. The number of nitrogen functional groups attached to an aromatic ring is 1. The first-order valence-electron chi connectivity index (χ1n) is 5.62. The van der Waals surface area contributed by atoms with Crippen LogP contribution in [0.25, 0.3) is 0 Å². The minimum absolute atomic E-state index is 0.0573. The fraction of sp³-hybridized carbons (Fsp3) is 0. The minimum atomic E-state index is -4.01. The Bertz CT molecular complexity index is 791. The maximum Gasteiger partial charge on any atom is 0.269 e. The van der Waals surface area contributed by atoms with E-state index in [0.717, 1.165) is 36.4 Å². The molecule has 2 aromatic carbocycles. The number of hydrogen-bond acceptors (Lipinski definition) is 5. The highest BCUT2D eigenvalue weighted by Crippen LogP contribution is 2.24. The Labute approximate surface area is 119 Å². The van der Waals surface area contributed by atoms with E-state index in [0.29, 0.717) is 0 Å². The Kier molecular flexibility index (Phi) is 3.76. The fourth-order valence-corrected chi connectivity index (χ4v) is 2.65. The molecule has 0 aliphatic carbocycles. The van der Waals surface area contributed by atoms with Crippen molar-refractivity contribution in [2.24, 2.45) is 0 Å². The van der Waals surface area contributed by atoms with Crippen LogP contribution in [0.1, 0.15) is 0 Å². The standard InChI is InChI=1S/C12H10FN3O4S/c13-8-1-6-11(14)12(7-8)15-21(19,20)10-4-2-9(3-5-10)16(17)18/h1-7,15H,14H2. The van der Waals surface area contributed by atoms with E-state index < -0.39 is 20.8 Å². The summed E-state index contributed by atoms with van der Waals surface area (Å²) in [7, 11) is -4.01. The molecule has 0 atom stereocenters. The molecule has 7 nitrogen and oxygen atoms in total. The molecule has 0 amide bonds. The normalized spacial score (nSPS) is 11.1. The summed E-state index contributed by atoms with van der Waals surface area (Å²) in [6.07, 6.45) is 0. The lowest BCUT2D eigenvalue weighted by Gasteiger charge is -2.10. The average molecular weight is 311 g/mol. The molecule has 3 N–H and O–H groups in total. The number of non-ortho nitro benzene ring substituents is 1. The van der Waals surface area contributed by atoms with Gasteiger partial charge < -0.3 is 5.73 Å². The number of hydrogen-bond donors (Lipinski definition) is 2. The summed E-state index contributed by atoms with van der Waals surface area (Å²) in [5.74, 6) is -0.648. The summed E-state index contributed by atoms with van der Waals surface area (Å²) in [6, 6.07) is 7.54. The molecule has 0 aliphatic rings. The van der Waals surface area contributed by atoms with Crippen LogP contribution in [-0.2, 0) is 10.0 Å². The van der Waals surface area contributed by atoms with Crippen molar-refractivity contribution in [3.05, 3.63) is 58.4 Å². The summed E-state index contributed by atoms with van der Waals surface area (Å²) in [4.78, 5) is 9.68. The highest BCUT2D eigenvalue weighted by molar-refractivity contribution is 7.92. The van der Waals surface area contributed by atoms with Gasteiger partial charge in [0.1, 0.15) is 5.82 Å². The fourth-order valence-electron chi connectivity index (χ4n) is 1.57. The molecule has 0 spiro atoms. The Morgan fingerprint density at radius 1 is 1.14 bits per heavy atom. The number of nitrogens with two attached hydrogens (primary N) is 1. The largest absolute Gasteiger partial charge is 0.397 e. The second-order valence-corrected chi connectivity index (χ2v) is 5.77. The summed E-state index contributed by atoms with van der Waals surface area (Å²) >= 11 is 0. The van der Waals surface area contributed by atoms with Crippen LogP contribution in [0.2, 0.25) is 0 Å².